The lowest BCUT2D eigenvalue weighted by Gasteiger charge is -2.42. The summed E-state index contributed by atoms with van der Waals surface area (Å²) < 4.78 is 0. The zero-order valence-electron chi connectivity index (χ0n) is 15.3. The molecular formula is C20H31N3O2. The van der Waals surface area contributed by atoms with Crippen LogP contribution in [0.15, 0.2) is 30.3 Å². The summed E-state index contributed by atoms with van der Waals surface area (Å²) in [4.78, 5) is 16.9. The Balaban J connectivity index is 1.47. The molecule has 3 rings (SSSR count). The molecule has 138 valence electrons. The molecular weight excluding hydrogens is 314 g/mol. The smallest absolute Gasteiger partial charge is 0.223 e. The number of β-amino-alcohol motifs (C(OH)–C–C–N with tert-alkyl or cyclic N) is 1. The van der Waals surface area contributed by atoms with E-state index in [2.05, 4.69) is 29.3 Å². The van der Waals surface area contributed by atoms with Gasteiger partial charge in [0.1, 0.15) is 0 Å². The number of carbonyl (C=O) groups is 1. The number of hydrogen-bond donors (Lipinski definition) is 2. The third-order valence-corrected chi connectivity index (χ3v) is 5.62. The number of piperidine rings is 1. The lowest BCUT2D eigenvalue weighted by Crippen LogP contribution is -2.55. The van der Waals surface area contributed by atoms with Crippen LogP contribution in [0, 0.1) is 0 Å². The Hall–Kier alpha value is -1.43. The second-order valence-electron chi connectivity index (χ2n) is 7.65. The maximum atomic E-state index is 12.6. The molecule has 2 heterocycles. The van der Waals surface area contributed by atoms with Crippen LogP contribution >= 0.6 is 0 Å². The number of benzene rings is 1. The molecule has 2 aliphatic heterocycles. The number of nitrogens with one attached hydrogen (secondary N) is 1. The van der Waals surface area contributed by atoms with Crippen molar-refractivity contribution in [1.29, 1.82) is 0 Å². The molecule has 1 aromatic carbocycles. The highest BCUT2D eigenvalue weighted by Gasteiger charge is 2.35. The van der Waals surface area contributed by atoms with Crippen molar-refractivity contribution in [3.63, 3.8) is 0 Å². The number of amides is 1. The summed E-state index contributed by atoms with van der Waals surface area (Å²) in [5.74, 6) is 0.441. The molecule has 5 heteroatoms. The second kappa shape index (κ2) is 8.30. The van der Waals surface area contributed by atoms with Gasteiger partial charge < -0.3 is 15.3 Å². The van der Waals surface area contributed by atoms with Crippen molar-refractivity contribution in [2.24, 2.45) is 0 Å². The molecule has 0 bridgehead atoms. The molecule has 0 spiro atoms. The van der Waals surface area contributed by atoms with Crippen molar-refractivity contribution in [2.75, 3.05) is 45.8 Å². The quantitative estimate of drug-likeness (QED) is 0.848. The fraction of sp³-hybridized carbons (Fsp3) is 0.650. The van der Waals surface area contributed by atoms with E-state index in [4.69, 9.17) is 0 Å². The maximum absolute atomic E-state index is 12.6. The Morgan fingerprint density at radius 1 is 1.16 bits per heavy atom. The van der Waals surface area contributed by atoms with Crippen molar-refractivity contribution in [3.8, 4) is 0 Å². The molecule has 0 aliphatic carbocycles. The fourth-order valence-corrected chi connectivity index (χ4v) is 3.91. The van der Waals surface area contributed by atoms with Crippen molar-refractivity contribution < 1.29 is 9.90 Å². The molecule has 1 aromatic rings. The van der Waals surface area contributed by atoms with E-state index in [0.29, 0.717) is 32.4 Å². The van der Waals surface area contributed by atoms with Crippen LogP contribution in [-0.4, -0.2) is 72.2 Å². The van der Waals surface area contributed by atoms with E-state index in [9.17, 15) is 9.90 Å². The van der Waals surface area contributed by atoms with Gasteiger partial charge in [0, 0.05) is 52.2 Å². The van der Waals surface area contributed by atoms with Gasteiger partial charge >= 0.3 is 0 Å². The van der Waals surface area contributed by atoms with E-state index < -0.39 is 5.60 Å². The molecule has 0 unspecified atom stereocenters. The first kappa shape index (κ1) is 18.4. The maximum Gasteiger partial charge on any atom is 0.223 e. The first-order chi connectivity index (χ1) is 12.1. The number of likely N-dealkylation sites (tertiary alicyclic amines) is 1. The van der Waals surface area contributed by atoms with Crippen LogP contribution in [0.5, 0.6) is 0 Å². The normalized spacial score (nSPS) is 22.6. The van der Waals surface area contributed by atoms with Crippen LogP contribution in [0.25, 0.3) is 0 Å². The molecule has 1 atom stereocenters. The summed E-state index contributed by atoms with van der Waals surface area (Å²) >= 11 is 0. The van der Waals surface area contributed by atoms with Gasteiger partial charge in [0.25, 0.3) is 0 Å². The van der Waals surface area contributed by atoms with Gasteiger partial charge in [0.15, 0.2) is 0 Å². The molecule has 0 radical (unpaired) electrons. The molecule has 2 N–H and O–H groups in total. The summed E-state index contributed by atoms with van der Waals surface area (Å²) in [5, 5.41) is 14.2. The van der Waals surface area contributed by atoms with Crippen molar-refractivity contribution in [2.45, 2.75) is 37.7 Å². The second-order valence-corrected chi connectivity index (χ2v) is 7.65. The standard InChI is InChI=1S/C20H31N3O2/c1-17(18-5-3-2-4-6-18)15-19(24)23-11-7-20(25,8-12-23)16-22-13-9-21-10-14-22/h2-6,17,21,25H,7-16H2,1H3/t17-/m1/s1. The Morgan fingerprint density at radius 2 is 1.80 bits per heavy atom. The average molecular weight is 345 g/mol. The molecule has 2 aliphatic rings. The van der Waals surface area contributed by atoms with Crippen LogP contribution in [-0.2, 0) is 4.79 Å². The number of aliphatic hydroxyl groups is 1. The summed E-state index contributed by atoms with van der Waals surface area (Å²) in [6.45, 7) is 8.18. The minimum atomic E-state index is -0.640. The summed E-state index contributed by atoms with van der Waals surface area (Å²) in [7, 11) is 0. The third kappa shape index (κ3) is 5.03. The number of hydrogen-bond acceptors (Lipinski definition) is 4. The largest absolute Gasteiger partial charge is 0.388 e. The SMILES string of the molecule is C[C@H](CC(=O)N1CCC(O)(CN2CCNCC2)CC1)c1ccccc1. The zero-order valence-corrected chi connectivity index (χ0v) is 15.3. The van der Waals surface area contributed by atoms with Crippen LogP contribution in [0.2, 0.25) is 0 Å². The Kier molecular flexibility index (Phi) is 6.10. The lowest BCUT2D eigenvalue weighted by atomic mass is 9.89. The Bertz CT molecular complexity index is 549. The molecule has 0 saturated carbocycles. The van der Waals surface area contributed by atoms with Crippen LogP contribution in [0.1, 0.15) is 37.7 Å². The van der Waals surface area contributed by atoms with Crippen LogP contribution < -0.4 is 5.32 Å². The number of rotatable bonds is 5. The van der Waals surface area contributed by atoms with Gasteiger partial charge in [-0.3, -0.25) is 9.69 Å². The van der Waals surface area contributed by atoms with Crippen LogP contribution in [0.4, 0.5) is 0 Å². The van der Waals surface area contributed by atoms with Crippen molar-refractivity contribution >= 4 is 5.91 Å². The first-order valence-electron chi connectivity index (χ1n) is 9.54. The minimum Gasteiger partial charge on any atom is -0.388 e. The van der Waals surface area contributed by atoms with Gasteiger partial charge in [-0.15, -0.1) is 0 Å². The Labute approximate surface area is 151 Å². The summed E-state index contributed by atoms with van der Waals surface area (Å²) in [6.07, 6.45) is 1.91. The monoisotopic (exact) mass is 345 g/mol. The predicted molar refractivity (Wildman–Crippen MR) is 99.5 cm³/mol. The number of carbonyl (C=O) groups excluding carboxylic acids is 1. The average Bonchev–Trinajstić information content (AvgIpc) is 2.63. The minimum absolute atomic E-state index is 0.209. The van der Waals surface area contributed by atoms with E-state index in [1.807, 2.05) is 23.1 Å². The number of piperazine rings is 1. The fourth-order valence-electron chi connectivity index (χ4n) is 3.91. The van der Waals surface area contributed by atoms with Crippen LogP contribution in [0.3, 0.4) is 0 Å². The molecule has 5 nitrogen and oxygen atoms in total. The van der Waals surface area contributed by atoms with E-state index in [1.165, 1.54) is 5.56 Å². The summed E-state index contributed by atoms with van der Waals surface area (Å²) in [5.41, 5.74) is 0.571. The molecule has 1 amide bonds. The van der Waals surface area contributed by atoms with E-state index in [0.717, 1.165) is 32.7 Å². The highest BCUT2D eigenvalue weighted by atomic mass is 16.3. The van der Waals surface area contributed by atoms with Gasteiger partial charge in [-0.05, 0) is 24.3 Å². The lowest BCUT2D eigenvalue weighted by molar-refractivity contribution is -0.136. The van der Waals surface area contributed by atoms with Gasteiger partial charge in [-0.2, -0.15) is 0 Å². The van der Waals surface area contributed by atoms with Gasteiger partial charge in [-0.1, -0.05) is 37.3 Å². The highest BCUT2D eigenvalue weighted by Crippen LogP contribution is 2.26. The predicted octanol–water partition coefficient (Wildman–Crippen LogP) is 1.44. The third-order valence-electron chi connectivity index (χ3n) is 5.62. The highest BCUT2D eigenvalue weighted by molar-refractivity contribution is 5.77. The topological polar surface area (TPSA) is 55.8 Å². The molecule has 2 fully saturated rings. The van der Waals surface area contributed by atoms with Crippen molar-refractivity contribution in [3.05, 3.63) is 35.9 Å². The van der Waals surface area contributed by atoms with E-state index in [1.54, 1.807) is 0 Å². The zero-order chi connectivity index (χ0) is 17.7. The van der Waals surface area contributed by atoms with Crippen molar-refractivity contribution in [1.82, 2.24) is 15.1 Å². The molecule has 25 heavy (non-hydrogen) atoms. The van der Waals surface area contributed by atoms with Gasteiger partial charge in [0.05, 0.1) is 5.60 Å². The van der Waals surface area contributed by atoms with E-state index >= 15 is 0 Å². The molecule has 2 saturated heterocycles. The Morgan fingerprint density at radius 3 is 2.44 bits per heavy atom. The first-order valence-corrected chi connectivity index (χ1v) is 9.54. The molecule has 0 aromatic heterocycles. The van der Waals surface area contributed by atoms with Gasteiger partial charge in [0.2, 0.25) is 5.91 Å². The summed E-state index contributed by atoms with van der Waals surface area (Å²) in [6, 6.07) is 10.2. The van der Waals surface area contributed by atoms with Gasteiger partial charge in [-0.25, -0.2) is 0 Å². The number of nitrogens with zero attached hydrogens (tertiary/aromatic N) is 2. The van der Waals surface area contributed by atoms with E-state index in [-0.39, 0.29) is 11.8 Å².